The average Bonchev–Trinajstić information content (AvgIpc) is 3.37. The minimum Gasteiger partial charge on any atom is -0.421 e. The molecule has 1 N–H and O–H groups in total. The molecule has 15 heteroatoms. The summed E-state index contributed by atoms with van der Waals surface area (Å²) < 4.78 is 65.9. The Morgan fingerprint density at radius 2 is 1.65 bits per heavy atom. The first-order valence-electron chi connectivity index (χ1n) is 14.9. The normalized spacial score (nSPS) is 20.9. The summed E-state index contributed by atoms with van der Waals surface area (Å²) in [7, 11) is 0. The highest BCUT2D eigenvalue weighted by Crippen LogP contribution is 2.43. The molecule has 0 spiro atoms. The fraction of sp³-hybridized carbons (Fsp3) is 0.429. The zero-order valence-corrected chi connectivity index (χ0v) is 26.0. The van der Waals surface area contributed by atoms with Crippen LogP contribution in [0.3, 0.4) is 0 Å². The maximum absolute atomic E-state index is 16.1. The number of aromatic nitrogens is 1. The van der Waals surface area contributed by atoms with Crippen LogP contribution in [0.1, 0.15) is 40.0 Å². The van der Waals surface area contributed by atoms with Gasteiger partial charge in [-0.15, -0.1) is 0 Å². The quantitative estimate of drug-likeness (QED) is 0.218. The molecular formula is C28H35B2Cl2F4N7. The Morgan fingerprint density at radius 1 is 0.930 bits per heavy atom. The summed E-state index contributed by atoms with van der Waals surface area (Å²) in [5.74, 6) is -0.111. The maximum Gasteiger partial charge on any atom is 0.816 e. The molecule has 0 bridgehead atoms. The average molecular weight is 638 g/mol. The predicted molar refractivity (Wildman–Crippen MR) is 167 cm³/mol. The number of anilines is 3. The van der Waals surface area contributed by atoms with Crippen LogP contribution in [0.15, 0.2) is 59.4 Å². The standard InChI is InChI=1S/C28H35B2Cl2F4N7/c1-4-22-20(2)25-19-40-29(33,34)42-26(11-8-12-27(42)43(40)30(35,36)41(25)21(22)3)37-13-5-6-14-38-15-17-39(18-16-38)24-10-7-9-23(31)28(24)32/h7-12,19,37H,4-6,13-18H2,1-3H3. The van der Waals surface area contributed by atoms with Crippen molar-refractivity contribution in [3.8, 4) is 0 Å². The van der Waals surface area contributed by atoms with Gasteiger partial charge >= 0.3 is 13.9 Å². The number of pyridine rings is 1. The number of hydrazine groups is 1. The lowest BCUT2D eigenvalue weighted by Gasteiger charge is -2.42. The first kappa shape index (κ1) is 30.1. The van der Waals surface area contributed by atoms with Crippen LogP contribution < -0.4 is 19.6 Å². The molecule has 2 aromatic rings. The topological polar surface area (TPSA) is 31.9 Å². The summed E-state index contributed by atoms with van der Waals surface area (Å²) in [4.78, 5) is 5.55. The van der Waals surface area contributed by atoms with Crippen molar-refractivity contribution in [2.75, 3.05) is 54.4 Å². The van der Waals surface area contributed by atoms with Gasteiger partial charge in [-0.1, -0.05) is 36.2 Å². The van der Waals surface area contributed by atoms with Crippen molar-refractivity contribution in [3.63, 3.8) is 0 Å². The Kier molecular flexibility index (Phi) is 7.88. The van der Waals surface area contributed by atoms with Gasteiger partial charge in [0.15, 0.2) is 17.3 Å². The van der Waals surface area contributed by atoms with Crippen LogP contribution in [0.5, 0.6) is 0 Å². The van der Waals surface area contributed by atoms with Crippen molar-refractivity contribution in [1.29, 1.82) is 0 Å². The number of piperazine rings is 1. The molecule has 1 aromatic carbocycles. The Bertz CT molecular complexity index is 1540. The van der Waals surface area contributed by atoms with E-state index in [4.69, 9.17) is 23.2 Å². The minimum absolute atomic E-state index is 0.122. The summed E-state index contributed by atoms with van der Waals surface area (Å²) in [5, 5.41) is 4.22. The molecule has 43 heavy (non-hydrogen) atoms. The molecule has 0 atom stereocenters. The molecule has 0 radical (unpaired) electrons. The van der Waals surface area contributed by atoms with E-state index in [1.165, 1.54) is 18.3 Å². The van der Waals surface area contributed by atoms with E-state index in [2.05, 4.69) is 15.1 Å². The van der Waals surface area contributed by atoms with E-state index in [9.17, 15) is 0 Å². The zero-order valence-electron chi connectivity index (χ0n) is 24.5. The van der Waals surface area contributed by atoms with Crippen LogP contribution in [-0.4, -0.2) is 73.2 Å². The number of nitrogens with zero attached hydrogens (tertiary/aromatic N) is 6. The molecule has 1 aromatic heterocycles. The minimum atomic E-state index is -4.55. The molecule has 0 amide bonds. The van der Waals surface area contributed by atoms with Gasteiger partial charge in [-0.05, 0) is 50.9 Å². The monoisotopic (exact) mass is 637 g/mol. The lowest BCUT2D eigenvalue weighted by atomic mass is 9.89. The number of allylic oxidation sites excluding steroid dienone is 2. The fourth-order valence-corrected chi connectivity index (χ4v) is 7.31. The molecule has 6 rings (SSSR count). The summed E-state index contributed by atoms with van der Waals surface area (Å²) in [6.45, 7) is 0.896. The molecule has 0 saturated carbocycles. The highest BCUT2D eigenvalue weighted by atomic mass is 35.5. The molecule has 0 unspecified atom stereocenters. The number of rotatable bonds is 8. The van der Waals surface area contributed by atoms with E-state index < -0.39 is 13.9 Å². The molecule has 5 heterocycles. The van der Waals surface area contributed by atoms with Gasteiger partial charge in [0.05, 0.1) is 28.5 Å². The van der Waals surface area contributed by atoms with E-state index in [0.717, 1.165) is 65.8 Å². The molecule has 4 aliphatic rings. The summed E-state index contributed by atoms with van der Waals surface area (Å²) >= 11 is 12.6. The molecule has 0 aliphatic carbocycles. The SMILES string of the molecule is CCC1=C(C)C2=CN3N(c4cccc(NCCCCN5CCN(c6cccc(Cl)c6Cl)CC5)[n+]4[B-]3(F)F)[B-](F)(F)[N+]2=C1C. The summed E-state index contributed by atoms with van der Waals surface area (Å²) in [6, 6.07) is 10.1. The summed E-state index contributed by atoms with van der Waals surface area (Å²) in [5.41, 5.74) is 2.87. The van der Waals surface area contributed by atoms with Crippen molar-refractivity contribution in [2.45, 2.75) is 40.0 Å². The van der Waals surface area contributed by atoms with Gasteiger partial charge in [0.1, 0.15) is 5.71 Å². The number of fused-ring (bicyclic) bond motifs is 4. The lowest BCUT2D eigenvalue weighted by Crippen LogP contribution is -2.69. The molecule has 1 fully saturated rings. The van der Waals surface area contributed by atoms with Crippen molar-refractivity contribution < 1.29 is 26.2 Å². The number of halogens is 6. The van der Waals surface area contributed by atoms with Crippen LogP contribution in [0.4, 0.5) is 34.6 Å². The van der Waals surface area contributed by atoms with E-state index >= 15 is 17.3 Å². The van der Waals surface area contributed by atoms with Gasteiger partial charge in [-0.25, -0.2) is 0 Å². The van der Waals surface area contributed by atoms with Crippen molar-refractivity contribution in [3.05, 3.63) is 69.5 Å². The van der Waals surface area contributed by atoms with Crippen LogP contribution in [-0.2, 0) is 0 Å². The van der Waals surface area contributed by atoms with Crippen LogP contribution in [0.25, 0.3) is 0 Å². The van der Waals surface area contributed by atoms with Crippen LogP contribution >= 0.6 is 23.2 Å². The zero-order chi connectivity index (χ0) is 30.7. The highest BCUT2D eigenvalue weighted by molar-refractivity contribution is 6.68. The number of hydrogen-bond acceptors (Lipinski definition) is 5. The van der Waals surface area contributed by atoms with E-state index in [1.54, 1.807) is 26.0 Å². The third-order valence-corrected chi connectivity index (χ3v) is 9.89. The van der Waals surface area contributed by atoms with Gasteiger partial charge in [-0.2, -0.15) is 0 Å². The van der Waals surface area contributed by atoms with Gasteiger partial charge in [0, 0.05) is 56.4 Å². The van der Waals surface area contributed by atoms with Gasteiger partial charge in [0.2, 0.25) is 0 Å². The second-order valence-electron chi connectivity index (χ2n) is 11.5. The molecule has 230 valence electrons. The van der Waals surface area contributed by atoms with Crippen LogP contribution in [0, 0.1) is 0 Å². The Hall–Kier alpha value is -2.89. The van der Waals surface area contributed by atoms with Gasteiger partial charge in [-0.3, -0.25) is 9.82 Å². The molecular weight excluding hydrogens is 603 g/mol. The Balaban J connectivity index is 1.09. The predicted octanol–water partition coefficient (Wildman–Crippen LogP) is 6.00. The van der Waals surface area contributed by atoms with Crippen molar-refractivity contribution in [1.82, 2.24) is 9.82 Å². The van der Waals surface area contributed by atoms with E-state index in [0.29, 0.717) is 44.1 Å². The second-order valence-corrected chi connectivity index (χ2v) is 12.3. The smallest absolute Gasteiger partial charge is 0.421 e. The first-order valence-corrected chi connectivity index (χ1v) is 15.6. The fourth-order valence-electron chi connectivity index (χ4n) is 6.90. The number of hydrogen-bond donors (Lipinski definition) is 1. The third kappa shape index (κ3) is 4.88. The highest BCUT2D eigenvalue weighted by Gasteiger charge is 2.69. The van der Waals surface area contributed by atoms with Gasteiger partial charge < -0.3 is 41.4 Å². The Morgan fingerprint density at radius 3 is 2.37 bits per heavy atom. The molecule has 1 saturated heterocycles. The number of unbranched alkanes of at least 4 members (excludes halogenated alkanes) is 1. The molecule has 7 nitrogen and oxygen atoms in total. The molecule has 4 aliphatic heterocycles. The second kappa shape index (κ2) is 11.2. The van der Waals surface area contributed by atoms with Crippen molar-refractivity contribution in [2.24, 2.45) is 0 Å². The number of benzene rings is 1. The largest absolute Gasteiger partial charge is 0.816 e. The van der Waals surface area contributed by atoms with Crippen LogP contribution in [0.2, 0.25) is 10.0 Å². The first-order chi connectivity index (χ1) is 20.5. The van der Waals surface area contributed by atoms with Crippen molar-refractivity contribution >= 4 is 60.2 Å². The van der Waals surface area contributed by atoms with Gasteiger partial charge in [0.25, 0.3) is 0 Å². The van der Waals surface area contributed by atoms with E-state index in [1.807, 2.05) is 19.1 Å². The summed E-state index contributed by atoms with van der Waals surface area (Å²) in [6.07, 6.45) is 3.34. The third-order valence-electron chi connectivity index (χ3n) is 9.08. The maximum atomic E-state index is 16.1. The number of nitrogens with one attached hydrogen (secondary N) is 1. The van der Waals surface area contributed by atoms with E-state index in [-0.39, 0.29) is 17.3 Å². The lowest BCUT2D eigenvalue weighted by molar-refractivity contribution is -0.533. The Labute approximate surface area is 259 Å².